The zero-order valence-corrected chi connectivity index (χ0v) is 32.6. The highest BCUT2D eigenvalue weighted by molar-refractivity contribution is 7.51. The van der Waals surface area contributed by atoms with E-state index in [0.29, 0.717) is 26.2 Å². The summed E-state index contributed by atoms with van der Waals surface area (Å²) >= 11 is 0. The van der Waals surface area contributed by atoms with Crippen molar-refractivity contribution in [3.05, 3.63) is 42.5 Å². The summed E-state index contributed by atoms with van der Waals surface area (Å²) < 4.78 is 25.2. The van der Waals surface area contributed by atoms with E-state index < -0.39 is 7.75 Å². The van der Waals surface area contributed by atoms with Gasteiger partial charge in [-0.05, 0) is 64.2 Å². The van der Waals surface area contributed by atoms with Gasteiger partial charge in [0.05, 0.1) is 19.5 Å². The van der Waals surface area contributed by atoms with Crippen LogP contribution in [0.4, 0.5) is 0 Å². The van der Waals surface area contributed by atoms with Gasteiger partial charge in [0.1, 0.15) is 0 Å². The van der Waals surface area contributed by atoms with Crippen molar-refractivity contribution in [2.75, 3.05) is 19.8 Å². The zero-order chi connectivity index (χ0) is 34.5. The molecule has 0 amide bonds. The normalized spacial score (nSPS) is 12.3. The summed E-state index contributed by atoms with van der Waals surface area (Å²) in [5.74, 6) is 0. The lowest BCUT2D eigenvalue weighted by molar-refractivity contribution is 0.189. The Morgan fingerprint density at radius 1 is 0.583 bits per heavy atom. The predicted molar refractivity (Wildman–Crippen MR) is 209 cm³/mol. The zero-order valence-electron chi connectivity index (χ0n) is 31.7. The summed E-state index contributed by atoms with van der Waals surface area (Å²) in [7, 11) is -3.32. The van der Waals surface area contributed by atoms with E-state index >= 15 is 0 Å². The minimum atomic E-state index is -3.32. The molecule has 0 radical (unpaired) electrons. The second kappa shape index (κ2) is 35.6. The highest BCUT2D eigenvalue weighted by atomic mass is 31.2. The fourth-order valence-electron chi connectivity index (χ4n) is 5.95. The van der Waals surface area contributed by atoms with Crippen LogP contribution in [-0.4, -0.2) is 29.7 Å². The van der Waals surface area contributed by atoms with Crippen LogP contribution in [0.2, 0.25) is 0 Å². The van der Waals surface area contributed by atoms with Gasteiger partial charge in [0.25, 0.3) is 0 Å². The molecule has 48 heavy (non-hydrogen) atoms. The maximum absolute atomic E-state index is 13.5. The van der Waals surface area contributed by atoms with E-state index in [1.54, 1.807) is 12.5 Å². The fraction of sp³-hybridized carbons (Fsp3) is 0.829. The van der Waals surface area contributed by atoms with Gasteiger partial charge in [0.2, 0.25) is 0 Å². The molecule has 7 heteroatoms. The molecule has 0 saturated heterocycles. The molecule has 0 atom stereocenters. The molecule has 0 saturated carbocycles. The second-order valence-corrected chi connectivity index (χ2v) is 15.6. The molecular formula is C41H78N3O3P. The summed E-state index contributed by atoms with van der Waals surface area (Å²) in [6.45, 7) is 6.03. The Balaban J connectivity index is 2.08. The molecule has 1 aromatic heterocycles. The number of nitrogens with one attached hydrogen (secondary N) is 2. The van der Waals surface area contributed by atoms with Gasteiger partial charge in [-0.15, -0.1) is 0 Å². The van der Waals surface area contributed by atoms with Crippen molar-refractivity contribution in [3.63, 3.8) is 0 Å². The molecule has 1 heterocycles. The number of hydrogen-bond acceptors (Lipinski definition) is 4. The molecule has 0 aromatic carbocycles. The third-order valence-corrected chi connectivity index (χ3v) is 10.7. The molecule has 0 aliphatic carbocycles. The SMILES string of the molecule is CCCCCCCC/C=C/CCCCCCCCOP(=O)(NCCc1cnc[nH]1)OCCCCCCCC/C=C/CCCCCCCC. The smallest absolute Gasteiger partial charge is 0.348 e. The number of nitrogens with zero attached hydrogens (tertiary/aromatic N) is 1. The summed E-state index contributed by atoms with van der Waals surface area (Å²) in [4.78, 5) is 7.17. The summed E-state index contributed by atoms with van der Waals surface area (Å²) in [6.07, 6.45) is 49.3. The Hall–Kier alpha value is -1.20. The fourth-order valence-corrected chi connectivity index (χ4v) is 7.33. The highest BCUT2D eigenvalue weighted by Gasteiger charge is 2.23. The van der Waals surface area contributed by atoms with Crippen molar-refractivity contribution >= 4 is 7.75 Å². The first kappa shape index (κ1) is 44.8. The van der Waals surface area contributed by atoms with E-state index in [9.17, 15) is 4.57 Å². The van der Waals surface area contributed by atoms with Crippen LogP contribution < -0.4 is 5.09 Å². The standard InChI is InChI=1S/C41H78N3O3P/c1-3-5-7-9-11-13-15-17-19-21-23-25-27-29-31-33-37-46-48(45,44-36-35-41-39-42-40-43-41)47-38-34-32-30-28-26-24-22-20-18-16-14-12-10-8-6-4-2/h17-20,39-40H,3-16,21-38H2,1-2H3,(H,42,43)(H,44,45)/b19-17+,20-18+. The summed E-state index contributed by atoms with van der Waals surface area (Å²) in [5.41, 5.74) is 1.01. The molecular weight excluding hydrogens is 613 g/mol. The first-order valence-corrected chi connectivity index (χ1v) is 22.2. The molecule has 2 N–H and O–H groups in total. The first-order valence-electron chi connectivity index (χ1n) is 20.6. The van der Waals surface area contributed by atoms with Gasteiger partial charge in [-0.2, -0.15) is 0 Å². The van der Waals surface area contributed by atoms with E-state index in [4.69, 9.17) is 9.05 Å². The van der Waals surface area contributed by atoms with E-state index in [1.165, 1.54) is 154 Å². The average molecular weight is 692 g/mol. The molecule has 0 unspecified atom stereocenters. The van der Waals surface area contributed by atoms with Gasteiger partial charge in [0.15, 0.2) is 0 Å². The molecule has 0 fully saturated rings. The number of H-pyrrole nitrogens is 1. The van der Waals surface area contributed by atoms with Crippen LogP contribution >= 0.6 is 7.75 Å². The van der Waals surface area contributed by atoms with E-state index in [-0.39, 0.29) is 0 Å². The van der Waals surface area contributed by atoms with E-state index in [1.807, 2.05) is 0 Å². The van der Waals surface area contributed by atoms with Crippen molar-refractivity contribution in [2.24, 2.45) is 0 Å². The van der Waals surface area contributed by atoms with E-state index in [2.05, 4.69) is 53.2 Å². The van der Waals surface area contributed by atoms with Crippen LogP contribution in [0.3, 0.4) is 0 Å². The third kappa shape index (κ3) is 30.8. The van der Waals surface area contributed by atoms with Gasteiger partial charge >= 0.3 is 7.75 Å². The largest absolute Gasteiger partial charge is 0.405 e. The van der Waals surface area contributed by atoms with Gasteiger partial charge in [-0.3, -0.25) is 9.05 Å². The molecule has 0 spiro atoms. The lowest BCUT2D eigenvalue weighted by Crippen LogP contribution is -2.19. The van der Waals surface area contributed by atoms with Crippen molar-refractivity contribution in [1.29, 1.82) is 0 Å². The predicted octanol–water partition coefficient (Wildman–Crippen LogP) is 13.8. The number of imidazole rings is 1. The molecule has 0 aliphatic heterocycles. The van der Waals surface area contributed by atoms with E-state index in [0.717, 1.165) is 31.4 Å². The highest BCUT2D eigenvalue weighted by Crippen LogP contribution is 2.44. The molecule has 0 bridgehead atoms. The Kier molecular flexibility index (Phi) is 33.3. The summed E-state index contributed by atoms with van der Waals surface area (Å²) in [5, 5.41) is 3.09. The van der Waals surface area contributed by atoms with Gasteiger partial charge in [0, 0.05) is 24.9 Å². The quantitative estimate of drug-likeness (QED) is 0.0410. The van der Waals surface area contributed by atoms with Crippen LogP contribution in [-0.2, 0) is 20.0 Å². The number of allylic oxidation sites excluding steroid dienone is 4. The monoisotopic (exact) mass is 692 g/mol. The average Bonchev–Trinajstić information content (AvgIpc) is 3.61. The summed E-state index contributed by atoms with van der Waals surface area (Å²) in [6, 6.07) is 0. The molecule has 280 valence electrons. The lowest BCUT2D eigenvalue weighted by atomic mass is 10.1. The van der Waals surface area contributed by atoms with Crippen molar-refractivity contribution in [2.45, 2.75) is 200 Å². The lowest BCUT2D eigenvalue weighted by Gasteiger charge is -2.19. The molecule has 0 aliphatic rings. The molecule has 6 nitrogen and oxygen atoms in total. The maximum atomic E-state index is 13.5. The number of hydrogen-bond donors (Lipinski definition) is 2. The number of unbranched alkanes of at least 4 members (excludes halogenated alkanes) is 24. The molecule has 1 aromatic rings. The van der Waals surface area contributed by atoms with Gasteiger partial charge in [-0.25, -0.2) is 14.6 Å². The molecule has 1 rings (SSSR count). The van der Waals surface area contributed by atoms with Gasteiger partial charge in [-0.1, -0.05) is 154 Å². The number of aromatic nitrogens is 2. The Morgan fingerprint density at radius 2 is 0.958 bits per heavy atom. The van der Waals surface area contributed by atoms with Crippen molar-refractivity contribution < 1.29 is 13.6 Å². The first-order chi connectivity index (χ1) is 23.7. The van der Waals surface area contributed by atoms with Crippen LogP contribution in [0, 0.1) is 0 Å². The van der Waals surface area contributed by atoms with Crippen LogP contribution in [0.5, 0.6) is 0 Å². The minimum Gasteiger partial charge on any atom is -0.348 e. The van der Waals surface area contributed by atoms with Crippen LogP contribution in [0.15, 0.2) is 36.8 Å². The maximum Gasteiger partial charge on any atom is 0.405 e. The Bertz CT molecular complexity index is 826. The van der Waals surface area contributed by atoms with Crippen molar-refractivity contribution in [1.82, 2.24) is 15.1 Å². The minimum absolute atomic E-state index is 0.475. The second-order valence-electron chi connectivity index (χ2n) is 13.8. The van der Waals surface area contributed by atoms with Crippen LogP contribution in [0.1, 0.15) is 199 Å². The Morgan fingerprint density at radius 3 is 1.33 bits per heavy atom. The third-order valence-electron chi connectivity index (χ3n) is 9.09. The van der Waals surface area contributed by atoms with Crippen molar-refractivity contribution in [3.8, 4) is 0 Å². The topological polar surface area (TPSA) is 76.2 Å². The number of rotatable bonds is 38. The Labute approximate surface area is 298 Å². The van der Waals surface area contributed by atoms with Crippen LogP contribution in [0.25, 0.3) is 0 Å². The number of aromatic amines is 1. The van der Waals surface area contributed by atoms with Gasteiger partial charge < -0.3 is 4.98 Å².